The van der Waals surface area contributed by atoms with Gasteiger partial charge in [0.1, 0.15) is 11.5 Å². The highest BCUT2D eigenvalue weighted by Crippen LogP contribution is 2.28. The van der Waals surface area contributed by atoms with E-state index in [2.05, 4.69) is 0 Å². The monoisotopic (exact) mass is 292 g/mol. The zero-order valence-electron chi connectivity index (χ0n) is 13.0. The Bertz CT molecular complexity index is 504. The number of nitrogens with two attached hydrogens (primary N) is 1. The third kappa shape index (κ3) is 3.29. The van der Waals surface area contributed by atoms with Gasteiger partial charge in [-0.2, -0.15) is 0 Å². The number of likely N-dealkylation sites (N-methyl/N-ethyl adjacent to an activating group) is 1. The fourth-order valence-corrected chi connectivity index (χ4v) is 2.94. The van der Waals surface area contributed by atoms with Gasteiger partial charge in [-0.25, -0.2) is 0 Å². The molecular formula is C16H24N2O3. The summed E-state index contributed by atoms with van der Waals surface area (Å²) in [4.78, 5) is 14.5. The van der Waals surface area contributed by atoms with Gasteiger partial charge >= 0.3 is 0 Å². The lowest BCUT2D eigenvalue weighted by molar-refractivity contribution is 0.0668. The fraction of sp³-hybridized carbons (Fsp3) is 0.562. The van der Waals surface area contributed by atoms with Crippen molar-refractivity contribution >= 4 is 5.91 Å². The molecule has 2 unspecified atom stereocenters. The maximum Gasteiger partial charge on any atom is 0.257 e. The van der Waals surface area contributed by atoms with Crippen molar-refractivity contribution in [3.8, 4) is 11.5 Å². The van der Waals surface area contributed by atoms with E-state index in [0.29, 0.717) is 17.1 Å². The number of carbonyl (C=O) groups excluding carboxylic acids is 1. The van der Waals surface area contributed by atoms with Gasteiger partial charge in [0, 0.05) is 19.1 Å². The maximum absolute atomic E-state index is 12.8. The number of methoxy groups -OCH3 is 2. The fourth-order valence-electron chi connectivity index (χ4n) is 2.94. The maximum atomic E-state index is 12.8. The summed E-state index contributed by atoms with van der Waals surface area (Å²) in [5.41, 5.74) is 6.68. The molecule has 0 bridgehead atoms. The molecule has 1 aliphatic carbocycles. The minimum absolute atomic E-state index is 0.0457. The van der Waals surface area contributed by atoms with Crippen LogP contribution in [0.15, 0.2) is 18.2 Å². The molecule has 0 aromatic heterocycles. The number of benzene rings is 1. The predicted molar refractivity (Wildman–Crippen MR) is 81.9 cm³/mol. The van der Waals surface area contributed by atoms with Gasteiger partial charge in [0.25, 0.3) is 5.91 Å². The Morgan fingerprint density at radius 1 is 1.24 bits per heavy atom. The van der Waals surface area contributed by atoms with Crippen LogP contribution in [0.1, 0.15) is 36.0 Å². The molecule has 2 atom stereocenters. The van der Waals surface area contributed by atoms with Gasteiger partial charge < -0.3 is 20.1 Å². The van der Waals surface area contributed by atoms with Crippen molar-refractivity contribution < 1.29 is 14.3 Å². The largest absolute Gasteiger partial charge is 0.497 e. The molecule has 1 aromatic carbocycles. The topological polar surface area (TPSA) is 64.8 Å². The molecule has 1 aromatic rings. The molecule has 1 fully saturated rings. The Hall–Kier alpha value is -1.75. The van der Waals surface area contributed by atoms with Gasteiger partial charge in [-0.3, -0.25) is 4.79 Å². The van der Waals surface area contributed by atoms with E-state index in [9.17, 15) is 4.79 Å². The summed E-state index contributed by atoms with van der Waals surface area (Å²) in [5, 5.41) is 0. The minimum atomic E-state index is -0.0758. The number of rotatable bonds is 4. The Labute approximate surface area is 126 Å². The molecule has 2 N–H and O–H groups in total. The lowest BCUT2D eigenvalue weighted by atomic mass is 9.89. The Balaban J connectivity index is 2.25. The highest BCUT2D eigenvalue weighted by atomic mass is 16.5. The van der Waals surface area contributed by atoms with E-state index in [-0.39, 0.29) is 18.0 Å². The lowest BCUT2D eigenvalue weighted by Crippen LogP contribution is -2.50. The van der Waals surface area contributed by atoms with Gasteiger partial charge in [0.2, 0.25) is 0 Å². The lowest BCUT2D eigenvalue weighted by Gasteiger charge is -2.36. The highest BCUT2D eigenvalue weighted by molar-refractivity contribution is 5.97. The van der Waals surface area contributed by atoms with E-state index in [0.717, 1.165) is 25.7 Å². The number of carbonyl (C=O) groups is 1. The molecule has 116 valence electrons. The van der Waals surface area contributed by atoms with Crippen LogP contribution in [0.5, 0.6) is 11.5 Å². The van der Waals surface area contributed by atoms with E-state index in [1.807, 2.05) is 7.05 Å². The highest BCUT2D eigenvalue weighted by Gasteiger charge is 2.30. The van der Waals surface area contributed by atoms with Gasteiger partial charge in [-0.15, -0.1) is 0 Å². The number of hydrogen-bond donors (Lipinski definition) is 1. The second kappa shape index (κ2) is 6.80. The quantitative estimate of drug-likeness (QED) is 0.922. The van der Waals surface area contributed by atoms with Crippen LogP contribution in [0, 0.1) is 0 Å². The second-order valence-corrected chi connectivity index (χ2v) is 5.50. The van der Waals surface area contributed by atoms with Gasteiger partial charge in [0.15, 0.2) is 0 Å². The first-order valence-electron chi connectivity index (χ1n) is 7.33. The van der Waals surface area contributed by atoms with E-state index in [1.165, 1.54) is 0 Å². The van der Waals surface area contributed by atoms with Gasteiger partial charge in [-0.1, -0.05) is 12.8 Å². The summed E-state index contributed by atoms with van der Waals surface area (Å²) in [6.07, 6.45) is 4.18. The molecule has 1 amide bonds. The second-order valence-electron chi connectivity index (χ2n) is 5.50. The molecule has 5 nitrogen and oxygen atoms in total. The minimum Gasteiger partial charge on any atom is -0.497 e. The van der Waals surface area contributed by atoms with Crippen molar-refractivity contribution in [1.82, 2.24) is 4.90 Å². The summed E-state index contributed by atoms with van der Waals surface area (Å²) in [6, 6.07) is 5.38. The molecular weight excluding hydrogens is 268 g/mol. The number of ether oxygens (including phenoxy) is 2. The van der Waals surface area contributed by atoms with Crippen molar-refractivity contribution in [3.05, 3.63) is 23.8 Å². The average Bonchev–Trinajstić information content (AvgIpc) is 2.53. The van der Waals surface area contributed by atoms with Crippen LogP contribution in [0.25, 0.3) is 0 Å². The normalized spacial score (nSPS) is 21.7. The van der Waals surface area contributed by atoms with Gasteiger partial charge in [0.05, 0.1) is 19.8 Å². The molecule has 0 aliphatic heterocycles. The molecule has 0 spiro atoms. The van der Waals surface area contributed by atoms with Crippen LogP contribution in [-0.2, 0) is 0 Å². The van der Waals surface area contributed by atoms with E-state index in [4.69, 9.17) is 15.2 Å². The van der Waals surface area contributed by atoms with E-state index < -0.39 is 0 Å². The molecule has 0 saturated heterocycles. The standard InChI is InChI=1S/C16H24N2O3/c1-18(14-7-5-4-6-13(14)17)16(19)12-10-11(20-2)8-9-15(12)21-3/h8-10,13-14H,4-7,17H2,1-3H3. The number of hydrogen-bond acceptors (Lipinski definition) is 4. The van der Waals surface area contributed by atoms with Crippen molar-refractivity contribution in [3.63, 3.8) is 0 Å². The first-order chi connectivity index (χ1) is 10.1. The predicted octanol–water partition coefficient (Wildman–Crippen LogP) is 2.05. The van der Waals surface area contributed by atoms with E-state index >= 15 is 0 Å². The van der Waals surface area contributed by atoms with E-state index in [1.54, 1.807) is 37.3 Å². The van der Waals surface area contributed by atoms with Crippen LogP contribution in [0.3, 0.4) is 0 Å². The first-order valence-corrected chi connectivity index (χ1v) is 7.33. The smallest absolute Gasteiger partial charge is 0.257 e. The Morgan fingerprint density at radius 3 is 2.57 bits per heavy atom. The van der Waals surface area contributed by atoms with Crippen LogP contribution in [0.4, 0.5) is 0 Å². The Morgan fingerprint density at radius 2 is 1.95 bits per heavy atom. The molecule has 1 saturated carbocycles. The average molecular weight is 292 g/mol. The third-order valence-corrected chi connectivity index (χ3v) is 4.24. The van der Waals surface area contributed by atoms with Gasteiger partial charge in [-0.05, 0) is 31.0 Å². The van der Waals surface area contributed by atoms with Crippen molar-refractivity contribution in [1.29, 1.82) is 0 Å². The zero-order chi connectivity index (χ0) is 15.4. The van der Waals surface area contributed by atoms with Crippen LogP contribution < -0.4 is 15.2 Å². The summed E-state index contributed by atoms with van der Waals surface area (Å²) in [6.45, 7) is 0. The molecule has 21 heavy (non-hydrogen) atoms. The van der Waals surface area contributed by atoms with Crippen LogP contribution >= 0.6 is 0 Å². The summed E-state index contributed by atoms with van der Waals surface area (Å²) >= 11 is 0. The zero-order valence-corrected chi connectivity index (χ0v) is 13.0. The SMILES string of the molecule is COc1ccc(OC)c(C(=O)N(C)C2CCCCC2N)c1. The first kappa shape index (κ1) is 15.6. The molecule has 0 radical (unpaired) electrons. The summed E-state index contributed by atoms with van der Waals surface area (Å²) in [7, 11) is 4.96. The number of amides is 1. The molecule has 5 heteroatoms. The molecule has 1 aliphatic rings. The van der Waals surface area contributed by atoms with Crippen molar-refractivity contribution in [2.75, 3.05) is 21.3 Å². The van der Waals surface area contributed by atoms with Crippen LogP contribution in [0.2, 0.25) is 0 Å². The van der Waals surface area contributed by atoms with Crippen LogP contribution in [-0.4, -0.2) is 44.2 Å². The number of nitrogens with zero attached hydrogens (tertiary/aromatic N) is 1. The van der Waals surface area contributed by atoms with Crippen molar-refractivity contribution in [2.24, 2.45) is 5.73 Å². The molecule has 0 heterocycles. The summed E-state index contributed by atoms with van der Waals surface area (Å²) < 4.78 is 10.5. The summed E-state index contributed by atoms with van der Waals surface area (Å²) in [5.74, 6) is 1.12. The van der Waals surface area contributed by atoms with Crippen molar-refractivity contribution in [2.45, 2.75) is 37.8 Å². The third-order valence-electron chi connectivity index (χ3n) is 4.24. The molecule has 2 rings (SSSR count). The Kier molecular flexibility index (Phi) is 5.07.